The first kappa shape index (κ1) is 32.9. The first-order valence-corrected chi connectivity index (χ1v) is 20.3. The van der Waals surface area contributed by atoms with E-state index in [1.807, 2.05) is 12.1 Å². The second-order valence-corrected chi connectivity index (χ2v) is 15.6. The van der Waals surface area contributed by atoms with Gasteiger partial charge >= 0.3 is 0 Å². The van der Waals surface area contributed by atoms with Crippen LogP contribution in [0.2, 0.25) is 0 Å². The fraction of sp³-hybridized carbons (Fsp3) is 0. The summed E-state index contributed by atoms with van der Waals surface area (Å²) in [7, 11) is 0. The molecule has 60 heavy (non-hydrogen) atoms. The molecular formula is C55H32N4O. The van der Waals surface area contributed by atoms with Gasteiger partial charge in [-0.05, 0) is 91.6 Å². The van der Waals surface area contributed by atoms with E-state index in [1.54, 1.807) is 0 Å². The number of nitrogens with zero attached hydrogens (tertiary/aromatic N) is 4. The molecule has 0 amide bonds. The normalized spacial score (nSPS) is 12.0. The van der Waals surface area contributed by atoms with Crippen molar-refractivity contribution in [1.82, 2.24) is 19.5 Å². The van der Waals surface area contributed by atoms with Crippen LogP contribution in [0.5, 0.6) is 0 Å². The molecule has 5 nitrogen and oxygen atoms in total. The van der Waals surface area contributed by atoms with Crippen LogP contribution in [0.1, 0.15) is 0 Å². The van der Waals surface area contributed by atoms with Crippen LogP contribution in [0.25, 0.3) is 127 Å². The molecule has 13 rings (SSSR count). The smallest absolute Gasteiger partial charge is 0.166 e. The van der Waals surface area contributed by atoms with Gasteiger partial charge in [0.1, 0.15) is 11.2 Å². The van der Waals surface area contributed by atoms with Crippen molar-refractivity contribution in [2.24, 2.45) is 0 Å². The fourth-order valence-corrected chi connectivity index (χ4v) is 9.35. The lowest BCUT2D eigenvalue weighted by Gasteiger charge is -2.16. The zero-order valence-corrected chi connectivity index (χ0v) is 32.2. The Bertz CT molecular complexity index is 3910. The van der Waals surface area contributed by atoms with Gasteiger partial charge in [-0.15, -0.1) is 0 Å². The lowest BCUT2D eigenvalue weighted by atomic mass is 9.96. The Kier molecular flexibility index (Phi) is 6.95. The number of para-hydroxylation sites is 2. The van der Waals surface area contributed by atoms with Crippen molar-refractivity contribution in [3.63, 3.8) is 0 Å². The first-order valence-electron chi connectivity index (χ1n) is 20.3. The van der Waals surface area contributed by atoms with E-state index >= 15 is 0 Å². The predicted molar refractivity (Wildman–Crippen MR) is 248 cm³/mol. The summed E-state index contributed by atoms with van der Waals surface area (Å²) in [6.45, 7) is 0. The van der Waals surface area contributed by atoms with Gasteiger partial charge in [0.15, 0.2) is 17.5 Å². The zero-order valence-electron chi connectivity index (χ0n) is 32.2. The Hall–Kier alpha value is -8.15. The van der Waals surface area contributed by atoms with Crippen LogP contribution in [0.4, 0.5) is 0 Å². The van der Waals surface area contributed by atoms with Crippen molar-refractivity contribution in [1.29, 1.82) is 0 Å². The molecule has 0 saturated heterocycles. The molecule has 5 heteroatoms. The Morgan fingerprint density at radius 3 is 1.73 bits per heavy atom. The van der Waals surface area contributed by atoms with Crippen LogP contribution >= 0.6 is 0 Å². The van der Waals surface area contributed by atoms with Crippen LogP contribution in [0.3, 0.4) is 0 Å². The van der Waals surface area contributed by atoms with Gasteiger partial charge in [-0.3, -0.25) is 0 Å². The summed E-state index contributed by atoms with van der Waals surface area (Å²) in [4.78, 5) is 16.2. The van der Waals surface area contributed by atoms with Crippen molar-refractivity contribution < 1.29 is 4.42 Å². The molecule has 0 unspecified atom stereocenters. The number of rotatable bonds is 4. The summed E-state index contributed by atoms with van der Waals surface area (Å²) < 4.78 is 9.01. The van der Waals surface area contributed by atoms with Crippen molar-refractivity contribution >= 4 is 86.8 Å². The third kappa shape index (κ3) is 4.96. The van der Waals surface area contributed by atoms with Crippen LogP contribution in [0, 0.1) is 0 Å². The minimum atomic E-state index is 0.560. The molecule has 0 spiro atoms. The summed E-state index contributed by atoms with van der Waals surface area (Å²) in [5.74, 6) is 1.76. The minimum absolute atomic E-state index is 0.560. The van der Waals surface area contributed by atoms with Crippen LogP contribution in [0.15, 0.2) is 199 Å². The number of hydrogen-bond donors (Lipinski definition) is 0. The van der Waals surface area contributed by atoms with E-state index in [9.17, 15) is 0 Å². The standard InChI is InChI=1S/C55H32N4O/c1-2-14-34-27-38(26-25-33(34)13-1)53-56-54(46-29-37-17-5-6-18-39(37)40-19-7-8-20-41(40)46)58-55(57-53)47-32-52-45(43-22-10-12-24-51(43)60-52)31-50(47)59-48-23-11-9-21-42(48)44-28-35-15-3-4-16-36(35)30-49(44)59/h1-32H. The molecule has 0 bridgehead atoms. The van der Waals surface area contributed by atoms with Gasteiger partial charge in [-0.1, -0.05) is 146 Å². The van der Waals surface area contributed by atoms with Crippen molar-refractivity contribution in [2.45, 2.75) is 0 Å². The third-order valence-electron chi connectivity index (χ3n) is 12.2. The molecular weight excluding hydrogens is 733 g/mol. The molecule has 10 aromatic carbocycles. The van der Waals surface area contributed by atoms with Crippen LogP contribution in [-0.2, 0) is 0 Å². The highest BCUT2D eigenvalue weighted by Gasteiger charge is 2.23. The number of fused-ring (bicyclic) bond motifs is 11. The Labute approximate surface area is 343 Å². The molecule has 3 aromatic heterocycles. The van der Waals surface area contributed by atoms with Gasteiger partial charge in [-0.25, -0.2) is 15.0 Å². The van der Waals surface area contributed by atoms with Gasteiger partial charge in [0.25, 0.3) is 0 Å². The van der Waals surface area contributed by atoms with Crippen molar-refractivity contribution in [3.05, 3.63) is 194 Å². The molecule has 0 aliphatic heterocycles. The lowest BCUT2D eigenvalue weighted by Crippen LogP contribution is -2.04. The van der Waals surface area contributed by atoms with E-state index in [1.165, 1.54) is 26.9 Å². The SMILES string of the molecule is c1ccc2cc(-c3nc(-c4cc5oc6ccccc6c5cc4-n4c5ccccc5c5cc6ccccc6cc54)nc(-c4cc5ccccc5c5ccccc45)n3)ccc2c1. The van der Waals surface area contributed by atoms with E-state index in [0.717, 1.165) is 82.3 Å². The molecule has 0 fully saturated rings. The Balaban J connectivity index is 1.17. The monoisotopic (exact) mass is 764 g/mol. The quantitative estimate of drug-likeness (QED) is 0.167. The molecule has 0 saturated carbocycles. The average molecular weight is 765 g/mol. The number of benzene rings is 10. The average Bonchev–Trinajstić information content (AvgIpc) is 3.84. The molecule has 13 aromatic rings. The largest absolute Gasteiger partial charge is 0.456 e. The maximum Gasteiger partial charge on any atom is 0.166 e. The molecule has 3 heterocycles. The topological polar surface area (TPSA) is 56.7 Å². The van der Waals surface area contributed by atoms with Gasteiger partial charge in [0.05, 0.1) is 16.7 Å². The maximum absolute atomic E-state index is 6.62. The molecule has 0 N–H and O–H groups in total. The Morgan fingerprint density at radius 1 is 0.317 bits per heavy atom. The number of furan rings is 1. The first-order chi connectivity index (χ1) is 29.7. The highest BCUT2D eigenvalue weighted by atomic mass is 16.3. The summed E-state index contributed by atoms with van der Waals surface area (Å²) in [6, 6.07) is 68.7. The van der Waals surface area contributed by atoms with E-state index in [4.69, 9.17) is 19.4 Å². The molecule has 0 aliphatic rings. The van der Waals surface area contributed by atoms with Crippen molar-refractivity contribution in [2.75, 3.05) is 0 Å². The summed E-state index contributed by atoms with van der Waals surface area (Å²) >= 11 is 0. The second-order valence-electron chi connectivity index (χ2n) is 15.6. The molecule has 0 atom stereocenters. The van der Waals surface area contributed by atoms with Gasteiger partial charge in [0, 0.05) is 38.2 Å². The Morgan fingerprint density at radius 2 is 0.917 bits per heavy atom. The minimum Gasteiger partial charge on any atom is -0.456 e. The summed E-state index contributed by atoms with van der Waals surface area (Å²) in [6.07, 6.45) is 0. The van der Waals surface area contributed by atoms with E-state index in [-0.39, 0.29) is 0 Å². The van der Waals surface area contributed by atoms with Gasteiger partial charge in [-0.2, -0.15) is 0 Å². The van der Waals surface area contributed by atoms with Crippen LogP contribution in [-0.4, -0.2) is 19.5 Å². The lowest BCUT2D eigenvalue weighted by molar-refractivity contribution is 0.669. The summed E-state index contributed by atoms with van der Waals surface area (Å²) in [5.41, 5.74) is 7.47. The van der Waals surface area contributed by atoms with E-state index in [2.05, 4.69) is 187 Å². The maximum atomic E-state index is 6.62. The van der Waals surface area contributed by atoms with E-state index < -0.39 is 0 Å². The van der Waals surface area contributed by atoms with E-state index in [0.29, 0.717) is 17.5 Å². The predicted octanol–water partition coefficient (Wildman–Crippen LogP) is 14.5. The molecule has 278 valence electrons. The number of aromatic nitrogens is 4. The van der Waals surface area contributed by atoms with Crippen LogP contribution < -0.4 is 0 Å². The fourth-order valence-electron chi connectivity index (χ4n) is 9.35. The third-order valence-corrected chi connectivity index (χ3v) is 12.2. The van der Waals surface area contributed by atoms with Gasteiger partial charge < -0.3 is 8.98 Å². The number of hydrogen-bond acceptors (Lipinski definition) is 4. The highest BCUT2D eigenvalue weighted by Crippen LogP contribution is 2.42. The molecule has 0 aliphatic carbocycles. The van der Waals surface area contributed by atoms with Crippen molar-refractivity contribution in [3.8, 4) is 39.9 Å². The zero-order chi connectivity index (χ0) is 39.3. The second kappa shape index (κ2) is 12.7. The van der Waals surface area contributed by atoms with Gasteiger partial charge in [0.2, 0.25) is 0 Å². The molecule has 0 radical (unpaired) electrons. The highest BCUT2D eigenvalue weighted by molar-refractivity contribution is 6.16. The summed E-state index contributed by atoms with van der Waals surface area (Å²) in [5, 5.41) is 13.7.